The van der Waals surface area contributed by atoms with Gasteiger partial charge in [0.15, 0.2) is 0 Å². The van der Waals surface area contributed by atoms with Gasteiger partial charge in [-0.25, -0.2) is 4.68 Å². The SMILES string of the molecule is CCCC[C@H]1CN(c2ccccc2OC)C(=O)CN1C(=O)Cn1cnnn1. The molecule has 0 unspecified atom stereocenters. The molecule has 2 heterocycles. The van der Waals surface area contributed by atoms with E-state index in [0.717, 1.165) is 24.9 Å². The minimum atomic E-state index is -0.156. The molecule has 2 amide bonds. The number of aromatic nitrogens is 4. The number of carbonyl (C=O) groups is 2. The Morgan fingerprint density at radius 3 is 2.85 bits per heavy atom. The summed E-state index contributed by atoms with van der Waals surface area (Å²) >= 11 is 0. The Hall–Kier alpha value is -2.97. The maximum Gasteiger partial charge on any atom is 0.246 e. The summed E-state index contributed by atoms with van der Waals surface area (Å²) in [6.07, 6.45) is 4.23. The van der Waals surface area contributed by atoms with Crippen molar-refractivity contribution >= 4 is 17.5 Å². The summed E-state index contributed by atoms with van der Waals surface area (Å²) in [6, 6.07) is 7.39. The molecule has 1 atom stereocenters. The summed E-state index contributed by atoms with van der Waals surface area (Å²) in [5.41, 5.74) is 0.735. The highest BCUT2D eigenvalue weighted by Crippen LogP contribution is 2.31. The van der Waals surface area contributed by atoms with Gasteiger partial charge in [-0.2, -0.15) is 0 Å². The van der Waals surface area contributed by atoms with E-state index in [9.17, 15) is 9.59 Å². The Balaban J connectivity index is 1.81. The van der Waals surface area contributed by atoms with Crippen LogP contribution in [0.2, 0.25) is 0 Å². The van der Waals surface area contributed by atoms with Crippen molar-refractivity contribution in [1.82, 2.24) is 25.1 Å². The molecule has 2 aromatic rings. The van der Waals surface area contributed by atoms with E-state index in [1.54, 1.807) is 16.9 Å². The number of unbranched alkanes of at least 4 members (excludes halogenated alkanes) is 1. The molecule has 144 valence electrons. The van der Waals surface area contributed by atoms with Crippen LogP contribution in [0.25, 0.3) is 0 Å². The smallest absolute Gasteiger partial charge is 0.246 e. The summed E-state index contributed by atoms with van der Waals surface area (Å²) in [5.74, 6) is 0.363. The average Bonchev–Trinajstić information content (AvgIpc) is 3.19. The number of tetrazole rings is 1. The third kappa shape index (κ3) is 4.24. The lowest BCUT2D eigenvalue weighted by Gasteiger charge is -2.41. The Labute approximate surface area is 157 Å². The molecule has 0 bridgehead atoms. The van der Waals surface area contributed by atoms with Crippen LogP contribution in [0.15, 0.2) is 30.6 Å². The predicted octanol–water partition coefficient (Wildman–Crippen LogP) is 1.12. The number of hydrogen-bond donors (Lipinski definition) is 0. The molecule has 1 aliphatic rings. The lowest BCUT2D eigenvalue weighted by molar-refractivity contribution is -0.140. The fourth-order valence-electron chi connectivity index (χ4n) is 3.32. The monoisotopic (exact) mass is 372 g/mol. The topological polar surface area (TPSA) is 93.5 Å². The summed E-state index contributed by atoms with van der Waals surface area (Å²) in [6.45, 7) is 2.62. The number of methoxy groups -OCH3 is 1. The zero-order valence-electron chi connectivity index (χ0n) is 15.6. The van der Waals surface area contributed by atoms with Crippen molar-refractivity contribution in [2.24, 2.45) is 0 Å². The van der Waals surface area contributed by atoms with Gasteiger partial charge in [0.1, 0.15) is 25.2 Å². The van der Waals surface area contributed by atoms with Crippen LogP contribution in [0.3, 0.4) is 0 Å². The van der Waals surface area contributed by atoms with E-state index in [-0.39, 0.29) is 30.9 Å². The Bertz CT molecular complexity index is 779. The van der Waals surface area contributed by atoms with Crippen LogP contribution in [0.5, 0.6) is 5.75 Å². The molecule has 0 saturated carbocycles. The maximum atomic E-state index is 12.8. The van der Waals surface area contributed by atoms with E-state index in [0.29, 0.717) is 12.3 Å². The molecule has 27 heavy (non-hydrogen) atoms. The molecule has 9 heteroatoms. The third-order valence-corrected chi connectivity index (χ3v) is 4.72. The molecule has 1 aliphatic heterocycles. The van der Waals surface area contributed by atoms with Gasteiger partial charge in [0, 0.05) is 6.54 Å². The van der Waals surface area contributed by atoms with Crippen LogP contribution < -0.4 is 9.64 Å². The number of hydrogen-bond acceptors (Lipinski definition) is 6. The maximum absolute atomic E-state index is 12.8. The van der Waals surface area contributed by atoms with Crippen molar-refractivity contribution in [3.63, 3.8) is 0 Å². The lowest BCUT2D eigenvalue weighted by atomic mass is 10.0. The van der Waals surface area contributed by atoms with Crippen molar-refractivity contribution in [3.05, 3.63) is 30.6 Å². The Kier molecular flexibility index (Phi) is 6.00. The second kappa shape index (κ2) is 8.61. The number of piperazine rings is 1. The molecule has 1 aromatic heterocycles. The normalized spacial score (nSPS) is 17.3. The van der Waals surface area contributed by atoms with Gasteiger partial charge < -0.3 is 14.5 Å². The zero-order valence-corrected chi connectivity index (χ0v) is 15.6. The molecule has 0 spiro atoms. The first kappa shape index (κ1) is 18.8. The molecular weight excluding hydrogens is 348 g/mol. The first-order chi connectivity index (χ1) is 13.1. The van der Waals surface area contributed by atoms with Crippen LogP contribution in [0.4, 0.5) is 5.69 Å². The standard InChI is InChI=1S/C18H24N6O3/c1-3-4-7-14-10-24(15-8-5-6-9-16(15)27-2)18(26)12-23(14)17(25)11-22-13-19-20-21-22/h5-6,8-9,13-14H,3-4,7,10-12H2,1-2H3/t14-/m0/s1. The Morgan fingerprint density at radius 1 is 1.33 bits per heavy atom. The van der Waals surface area contributed by atoms with Gasteiger partial charge in [-0.3, -0.25) is 9.59 Å². The molecule has 0 aliphatic carbocycles. The largest absolute Gasteiger partial charge is 0.495 e. The van der Waals surface area contributed by atoms with Crippen molar-refractivity contribution in [1.29, 1.82) is 0 Å². The quantitative estimate of drug-likeness (QED) is 0.723. The molecule has 1 saturated heterocycles. The number of rotatable bonds is 7. The first-order valence-corrected chi connectivity index (χ1v) is 9.07. The van der Waals surface area contributed by atoms with Crippen molar-refractivity contribution in [3.8, 4) is 5.75 Å². The van der Waals surface area contributed by atoms with Crippen molar-refractivity contribution in [2.75, 3.05) is 25.1 Å². The lowest BCUT2D eigenvalue weighted by Crippen LogP contribution is -2.58. The van der Waals surface area contributed by atoms with Crippen LogP contribution >= 0.6 is 0 Å². The molecule has 1 aromatic carbocycles. The number of ether oxygens (including phenoxy) is 1. The van der Waals surface area contributed by atoms with Crippen molar-refractivity contribution in [2.45, 2.75) is 38.8 Å². The number of para-hydroxylation sites is 2. The number of nitrogens with zero attached hydrogens (tertiary/aromatic N) is 6. The second-order valence-electron chi connectivity index (χ2n) is 6.50. The third-order valence-electron chi connectivity index (χ3n) is 4.72. The van der Waals surface area contributed by atoms with Crippen molar-refractivity contribution < 1.29 is 14.3 Å². The van der Waals surface area contributed by atoms with Gasteiger partial charge >= 0.3 is 0 Å². The predicted molar refractivity (Wildman–Crippen MR) is 98.2 cm³/mol. The van der Waals surface area contributed by atoms with Gasteiger partial charge in [-0.1, -0.05) is 31.9 Å². The van der Waals surface area contributed by atoms with Gasteiger partial charge in [-0.05, 0) is 29.0 Å². The number of carbonyl (C=O) groups excluding carboxylic acids is 2. The van der Waals surface area contributed by atoms with Crippen LogP contribution in [0, 0.1) is 0 Å². The summed E-state index contributed by atoms with van der Waals surface area (Å²) in [5, 5.41) is 10.8. The van der Waals surface area contributed by atoms with Gasteiger partial charge in [-0.15, -0.1) is 5.10 Å². The van der Waals surface area contributed by atoms with E-state index in [4.69, 9.17) is 4.74 Å². The fourth-order valence-corrected chi connectivity index (χ4v) is 3.32. The molecule has 1 fully saturated rings. The van der Waals surface area contributed by atoms with E-state index in [2.05, 4.69) is 22.4 Å². The highest BCUT2D eigenvalue weighted by atomic mass is 16.5. The average molecular weight is 372 g/mol. The zero-order chi connectivity index (χ0) is 19.2. The van der Waals surface area contributed by atoms with Gasteiger partial charge in [0.2, 0.25) is 11.8 Å². The molecular formula is C18H24N6O3. The van der Waals surface area contributed by atoms with E-state index >= 15 is 0 Å². The van der Waals surface area contributed by atoms with E-state index in [1.165, 1.54) is 11.0 Å². The summed E-state index contributed by atoms with van der Waals surface area (Å²) < 4.78 is 6.78. The number of amides is 2. The molecule has 3 rings (SSSR count). The van der Waals surface area contributed by atoms with Gasteiger partial charge in [0.05, 0.1) is 18.8 Å². The van der Waals surface area contributed by atoms with Crippen LogP contribution in [0.1, 0.15) is 26.2 Å². The summed E-state index contributed by atoms with van der Waals surface area (Å²) in [4.78, 5) is 29.0. The first-order valence-electron chi connectivity index (χ1n) is 9.07. The van der Waals surface area contributed by atoms with E-state index < -0.39 is 0 Å². The second-order valence-corrected chi connectivity index (χ2v) is 6.50. The van der Waals surface area contributed by atoms with Gasteiger partial charge in [0.25, 0.3) is 0 Å². The minimum absolute atomic E-state index is 0.0254. The minimum Gasteiger partial charge on any atom is -0.495 e. The molecule has 0 N–H and O–H groups in total. The Morgan fingerprint density at radius 2 is 2.15 bits per heavy atom. The molecule has 0 radical (unpaired) electrons. The van der Waals surface area contributed by atoms with Crippen LogP contribution in [-0.2, 0) is 16.1 Å². The molecule has 9 nitrogen and oxygen atoms in total. The van der Waals surface area contributed by atoms with Crippen LogP contribution in [-0.4, -0.2) is 63.2 Å². The van der Waals surface area contributed by atoms with E-state index in [1.807, 2.05) is 24.3 Å². The number of benzene rings is 1. The number of anilines is 1. The highest BCUT2D eigenvalue weighted by Gasteiger charge is 2.36. The summed E-state index contributed by atoms with van der Waals surface area (Å²) in [7, 11) is 1.59. The fraction of sp³-hybridized carbons (Fsp3) is 0.500. The highest BCUT2D eigenvalue weighted by molar-refractivity contribution is 5.99.